The summed E-state index contributed by atoms with van der Waals surface area (Å²) < 4.78 is 0. The van der Waals surface area contributed by atoms with Gasteiger partial charge in [-0.25, -0.2) is 0 Å². The third-order valence-electron chi connectivity index (χ3n) is 5.79. The summed E-state index contributed by atoms with van der Waals surface area (Å²) >= 11 is 0. The summed E-state index contributed by atoms with van der Waals surface area (Å²) in [6, 6.07) is 15.4. The fourth-order valence-electron chi connectivity index (χ4n) is 3.55. The van der Waals surface area contributed by atoms with Crippen molar-refractivity contribution in [3.8, 4) is 11.1 Å². The minimum absolute atomic E-state index is 0.0452. The number of nitrogens with one attached hydrogen (secondary N) is 1. The molecule has 0 aliphatic heterocycles. The van der Waals surface area contributed by atoms with Crippen LogP contribution in [0.2, 0.25) is 0 Å². The van der Waals surface area contributed by atoms with Crippen LogP contribution >= 0.6 is 0 Å². The maximum atomic E-state index is 13.1. The number of amides is 1. The van der Waals surface area contributed by atoms with Crippen LogP contribution in [0.3, 0.4) is 0 Å². The molecule has 0 fully saturated rings. The Labute approximate surface area is 180 Å². The van der Waals surface area contributed by atoms with Crippen molar-refractivity contribution in [3.63, 3.8) is 0 Å². The van der Waals surface area contributed by atoms with Gasteiger partial charge in [-0.2, -0.15) is 0 Å². The molecule has 1 atom stereocenters. The molecule has 0 bridgehead atoms. The van der Waals surface area contributed by atoms with Crippen molar-refractivity contribution in [2.75, 3.05) is 0 Å². The van der Waals surface area contributed by atoms with E-state index in [0.717, 1.165) is 28.8 Å². The first kappa shape index (κ1) is 22.0. The van der Waals surface area contributed by atoms with E-state index in [0.29, 0.717) is 12.0 Å². The van der Waals surface area contributed by atoms with Gasteiger partial charge in [-0.15, -0.1) is 0 Å². The lowest BCUT2D eigenvalue weighted by Gasteiger charge is -2.26. The van der Waals surface area contributed by atoms with E-state index < -0.39 is 5.60 Å². The molecule has 1 amide bonds. The van der Waals surface area contributed by atoms with Gasteiger partial charge in [-0.1, -0.05) is 81.8 Å². The Morgan fingerprint density at radius 1 is 1.03 bits per heavy atom. The first-order valence-corrected chi connectivity index (χ1v) is 10.6. The summed E-state index contributed by atoms with van der Waals surface area (Å²) in [5.41, 5.74) is 4.60. The van der Waals surface area contributed by atoms with Crippen molar-refractivity contribution in [3.05, 3.63) is 89.5 Å². The van der Waals surface area contributed by atoms with Crippen LogP contribution in [-0.2, 0) is 5.60 Å². The van der Waals surface area contributed by atoms with Gasteiger partial charge in [0.1, 0.15) is 0 Å². The molecule has 0 heterocycles. The molecule has 0 aromatic heterocycles. The zero-order chi connectivity index (χ0) is 21.9. The molecule has 2 aromatic rings. The van der Waals surface area contributed by atoms with Crippen molar-refractivity contribution in [2.24, 2.45) is 5.41 Å². The van der Waals surface area contributed by atoms with E-state index in [9.17, 15) is 9.90 Å². The molecule has 0 spiro atoms. The largest absolute Gasteiger partial charge is 0.385 e. The second-order valence-electron chi connectivity index (χ2n) is 9.15. The summed E-state index contributed by atoms with van der Waals surface area (Å²) in [6.45, 7) is 10.3. The zero-order valence-electron chi connectivity index (χ0n) is 18.6. The molecule has 2 aromatic carbocycles. The summed E-state index contributed by atoms with van der Waals surface area (Å²) in [4.78, 5) is 13.1. The number of benzene rings is 2. The number of carbonyl (C=O) groups excluding carboxylic acids is 1. The molecule has 1 aliphatic rings. The third-order valence-corrected chi connectivity index (χ3v) is 5.79. The Bertz CT molecular complexity index is 973. The summed E-state index contributed by atoms with van der Waals surface area (Å²) in [5, 5.41) is 13.6. The van der Waals surface area contributed by atoms with Crippen molar-refractivity contribution in [1.82, 2.24) is 5.32 Å². The van der Waals surface area contributed by atoms with Crippen LogP contribution < -0.4 is 5.32 Å². The standard InChI is InChI=1S/C27H32NO2/c1-6-27(5,30)20-16-14-19(15-17-20)23-12-7-8-13-24(23)25(29)28-22-11-9-10-21(18-22)26(2,3)4/h7-8,10-18,30H,6,9H2,1-5H3,(H,28,29). The van der Waals surface area contributed by atoms with E-state index in [-0.39, 0.29) is 11.3 Å². The van der Waals surface area contributed by atoms with Crippen molar-refractivity contribution in [2.45, 2.75) is 53.1 Å². The Balaban J connectivity index is 1.86. The monoisotopic (exact) mass is 402 g/mol. The second-order valence-corrected chi connectivity index (χ2v) is 9.15. The van der Waals surface area contributed by atoms with Gasteiger partial charge in [0.25, 0.3) is 5.91 Å². The summed E-state index contributed by atoms with van der Waals surface area (Å²) in [5.74, 6) is -0.118. The second kappa shape index (κ2) is 8.61. The normalized spacial score (nSPS) is 16.3. The van der Waals surface area contributed by atoms with Crippen molar-refractivity contribution >= 4 is 5.91 Å². The molecule has 30 heavy (non-hydrogen) atoms. The van der Waals surface area contributed by atoms with Gasteiger partial charge in [0.15, 0.2) is 0 Å². The van der Waals surface area contributed by atoms with Gasteiger partial charge < -0.3 is 10.4 Å². The van der Waals surface area contributed by atoms with E-state index in [1.807, 2.05) is 68.5 Å². The number of carbonyl (C=O) groups is 1. The fraction of sp³-hybridized carbons (Fsp3) is 0.333. The third kappa shape index (κ3) is 4.91. The van der Waals surface area contributed by atoms with Crippen LogP contribution in [0.15, 0.2) is 72.0 Å². The van der Waals surface area contributed by atoms with E-state index in [1.54, 1.807) is 0 Å². The quantitative estimate of drug-likeness (QED) is 0.629. The highest BCUT2D eigenvalue weighted by molar-refractivity contribution is 6.01. The molecule has 0 saturated carbocycles. The highest BCUT2D eigenvalue weighted by atomic mass is 16.3. The Hall–Kier alpha value is -2.65. The van der Waals surface area contributed by atoms with E-state index >= 15 is 0 Å². The maximum absolute atomic E-state index is 13.1. The van der Waals surface area contributed by atoms with Crippen LogP contribution in [0.4, 0.5) is 0 Å². The predicted octanol–water partition coefficient (Wildman–Crippen LogP) is 6.17. The highest BCUT2D eigenvalue weighted by Crippen LogP contribution is 2.32. The Morgan fingerprint density at radius 2 is 1.70 bits per heavy atom. The molecule has 157 valence electrons. The smallest absolute Gasteiger partial charge is 0.256 e. The molecule has 3 heteroatoms. The van der Waals surface area contributed by atoms with Crippen LogP contribution in [-0.4, -0.2) is 11.0 Å². The highest BCUT2D eigenvalue weighted by Gasteiger charge is 2.22. The lowest BCUT2D eigenvalue weighted by molar-refractivity contribution is 0.0531. The van der Waals surface area contributed by atoms with Gasteiger partial charge in [-0.3, -0.25) is 4.79 Å². The maximum Gasteiger partial charge on any atom is 0.256 e. The Morgan fingerprint density at radius 3 is 2.33 bits per heavy atom. The minimum Gasteiger partial charge on any atom is -0.385 e. The van der Waals surface area contributed by atoms with Crippen molar-refractivity contribution < 1.29 is 9.90 Å². The predicted molar refractivity (Wildman–Crippen MR) is 124 cm³/mol. The van der Waals surface area contributed by atoms with Gasteiger partial charge in [-0.05, 0) is 60.4 Å². The number of hydrogen-bond acceptors (Lipinski definition) is 2. The Kier molecular flexibility index (Phi) is 6.33. The molecule has 3 rings (SSSR count). The summed E-state index contributed by atoms with van der Waals surface area (Å²) in [6.07, 6.45) is 7.76. The lowest BCUT2D eigenvalue weighted by Crippen LogP contribution is -2.25. The van der Waals surface area contributed by atoms with E-state index in [2.05, 4.69) is 38.6 Å². The molecule has 1 radical (unpaired) electrons. The number of allylic oxidation sites excluding steroid dienone is 3. The van der Waals surface area contributed by atoms with Crippen LogP contribution in [0, 0.1) is 11.8 Å². The van der Waals surface area contributed by atoms with Gasteiger partial charge in [0.05, 0.1) is 5.60 Å². The first-order valence-electron chi connectivity index (χ1n) is 10.6. The fourth-order valence-corrected chi connectivity index (χ4v) is 3.55. The molecular weight excluding hydrogens is 370 g/mol. The van der Waals surface area contributed by atoms with Crippen LogP contribution in [0.5, 0.6) is 0 Å². The molecule has 2 N–H and O–H groups in total. The molecular formula is C27H32NO2. The zero-order valence-corrected chi connectivity index (χ0v) is 18.6. The van der Waals surface area contributed by atoms with Gasteiger partial charge >= 0.3 is 0 Å². The topological polar surface area (TPSA) is 49.3 Å². The molecule has 3 nitrogen and oxygen atoms in total. The minimum atomic E-state index is -0.850. The van der Waals surface area contributed by atoms with Gasteiger partial charge in [0.2, 0.25) is 0 Å². The van der Waals surface area contributed by atoms with E-state index in [1.165, 1.54) is 5.57 Å². The summed E-state index contributed by atoms with van der Waals surface area (Å²) in [7, 11) is 0. The average Bonchev–Trinajstić information content (AvgIpc) is 2.73. The van der Waals surface area contributed by atoms with Gasteiger partial charge in [0, 0.05) is 11.3 Å². The molecule has 0 saturated heterocycles. The average molecular weight is 403 g/mol. The van der Waals surface area contributed by atoms with Crippen molar-refractivity contribution in [1.29, 1.82) is 0 Å². The molecule has 1 unspecified atom stereocenters. The number of rotatable bonds is 5. The SMILES string of the molecule is CCC(C)(O)c1ccc(-c2ccccc2C(=O)NC2=CC[CH]C(C(C)(C)C)=C2)cc1. The van der Waals surface area contributed by atoms with Crippen LogP contribution in [0.25, 0.3) is 11.1 Å². The van der Waals surface area contributed by atoms with E-state index in [4.69, 9.17) is 0 Å². The molecule has 1 aliphatic carbocycles. The number of aliphatic hydroxyl groups is 1. The van der Waals surface area contributed by atoms with Crippen LogP contribution in [0.1, 0.15) is 63.4 Å². The lowest BCUT2D eigenvalue weighted by atomic mass is 9.81. The number of hydrogen-bond donors (Lipinski definition) is 2. The first-order chi connectivity index (χ1) is 14.1.